The van der Waals surface area contributed by atoms with Crippen LogP contribution in [0, 0.1) is 0 Å². The fourth-order valence-corrected chi connectivity index (χ4v) is 2.24. The van der Waals surface area contributed by atoms with E-state index in [1.165, 1.54) is 4.68 Å². The van der Waals surface area contributed by atoms with Crippen molar-refractivity contribution in [3.63, 3.8) is 0 Å². The zero-order chi connectivity index (χ0) is 15.2. The molecule has 1 aliphatic heterocycles. The van der Waals surface area contributed by atoms with Crippen LogP contribution in [0.1, 0.15) is 25.6 Å². The Morgan fingerprint density at radius 2 is 2.10 bits per heavy atom. The summed E-state index contributed by atoms with van der Waals surface area (Å²) in [6, 6.07) is 0.0735. The summed E-state index contributed by atoms with van der Waals surface area (Å²) in [6.45, 7) is 3.35. The number of rotatable bonds is 4. The zero-order valence-corrected chi connectivity index (χ0v) is 12.3. The second-order valence-corrected chi connectivity index (χ2v) is 4.92. The van der Waals surface area contributed by atoms with Crippen LogP contribution in [0.4, 0.5) is 4.79 Å². The third-order valence-electron chi connectivity index (χ3n) is 3.41. The number of ether oxygens (including phenoxy) is 1. The van der Waals surface area contributed by atoms with Gasteiger partial charge in [-0.25, -0.2) is 9.48 Å². The molecule has 0 saturated carbocycles. The van der Waals surface area contributed by atoms with Crippen LogP contribution in [-0.4, -0.2) is 62.8 Å². The Hall–Kier alpha value is -2.19. The third-order valence-corrected chi connectivity index (χ3v) is 3.41. The Morgan fingerprint density at radius 1 is 1.38 bits per heavy atom. The van der Waals surface area contributed by atoms with E-state index in [1.54, 1.807) is 18.9 Å². The maximum atomic E-state index is 11.9. The van der Waals surface area contributed by atoms with Crippen molar-refractivity contribution in [2.45, 2.75) is 32.2 Å². The Morgan fingerprint density at radius 3 is 2.67 bits per heavy atom. The highest BCUT2D eigenvalue weighted by molar-refractivity contribution is 5.78. The minimum atomic E-state index is -0.285. The van der Waals surface area contributed by atoms with Gasteiger partial charge in [-0.2, -0.15) is 0 Å². The number of carbonyl (C=O) groups is 2. The van der Waals surface area contributed by atoms with E-state index in [0.717, 1.165) is 12.8 Å². The summed E-state index contributed by atoms with van der Waals surface area (Å²) in [7, 11) is 1.69. The molecule has 0 aliphatic carbocycles. The number of nitrogens with zero attached hydrogens (tertiary/aromatic N) is 5. The fourth-order valence-electron chi connectivity index (χ4n) is 2.24. The minimum absolute atomic E-state index is 0.0735. The second kappa shape index (κ2) is 7.00. The van der Waals surface area contributed by atoms with Gasteiger partial charge in [-0.05, 0) is 30.2 Å². The topological polar surface area (TPSA) is 102 Å². The van der Waals surface area contributed by atoms with Gasteiger partial charge in [0, 0.05) is 26.2 Å². The van der Waals surface area contributed by atoms with Crippen molar-refractivity contribution in [2.24, 2.45) is 7.05 Å². The molecule has 0 aromatic carbocycles. The molecule has 21 heavy (non-hydrogen) atoms. The van der Waals surface area contributed by atoms with Crippen LogP contribution in [0.2, 0.25) is 0 Å². The molecule has 0 unspecified atom stereocenters. The maximum absolute atomic E-state index is 11.9. The van der Waals surface area contributed by atoms with E-state index < -0.39 is 0 Å². The number of carbonyl (C=O) groups excluding carboxylic acids is 2. The molecule has 1 aromatic rings. The smallest absolute Gasteiger partial charge is 0.409 e. The molecule has 2 amide bonds. The molecular weight excluding hydrogens is 276 g/mol. The van der Waals surface area contributed by atoms with Crippen LogP contribution in [0.5, 0.6) is 0 Å². The molecule has 9 nitrogen and oxygen atoms in total. The first-order valence-electron chi connectivity index (χ1n) is 7.02. The molecule has 9 heteroatoms. The molecule has 0 bridgehead atoms. The molecule has 0 spiro atoms. The highest BCUT2D eigenvalue weighted by atomic mass is 16.6. The van der Waals surface area contributed by atoms with E-state index in [-0.39, 0.29) is 24.5 Å². The van der Waals surface area contributed by atoms with Crippen molar-refractivity contribution in [3.8, 4) is 0 Å². The first kappa shape index (κ1) is 15.2. The molecule has 1 aliphatic rings. The average Bonchev–Trinajstić information content (AvgIpc) is 2.85. The summed E-state index contributed by atoms with van der Waals surface area (Å²) in [6.07, 6.45) is 1.32. The quantitative estimate of drug-likeness (QED) is 0.803. The molecule has 2 rings (SSSR count). The largest absolute Gasteiger partial charge is 0.450 e. The van der Waals surface area contributed by atoms with Crippen molar-refractivity contribution in [3.05, 3.63) is 5.82 Å². The Bertz CT molecular complexity index is 495. The summed E-state index contributed by atoms with van der Waals surface area (Å²) in [5.41, 5.74) is 0. The highest BCUT2D eigenvalue weighted by Crippen LogP contribution is 2.11. The molecule has 0 radical (unpaired) electrons. The Balaban J connectivity index is 1.74. The lowest BCUT2D eigenvalue weighted by molar-refractivity contribution is -0.121. The van der Waals surface area contributed by atoms with Gasteiger partial charge in [0.05, 0.1) is 13.0 Å². The number of likely N-dealkylation sites (tertiary alicyclic amines) is 1. The summed E-state index contributed by atoms with van der Waals surface area (Å²) in [4.78, 5) is 25.2. The van der Waals surface area contributed by atoms with Crippen LogP contribution in [0.25, 0.3) is 0 Å². The lowest BCUT2D eigenvalue weighted by Crippen LogP contribution is -2.47. The number of hydrogen-bond acceptors (Lipinski definition) is 6. The highest BCUT2D eigenvalue weighted by Gasteiger charge is 2.24. The number of aryl methyl sites for hydroxylation is 1. The van der Waals surface area contributed by atoms with Crippen molar-refractivity contribution >= 4 is 12.0 Å². The van der Waals surface area contributed by atoms with Crippen molar-refractivity contribution in [1.82, 2.24) is 30.4 Å². The first-order valence-corrected chi connectivity index (χ1v) is 7.02. The first-order chi connectivity index (χ1) is 10.1. The zero-order valence-electron chi connectivity index (χ0n) is 12.3. The standard InChI is InChI=1S/C12H20N6O3/c1-3-21-12(20)18-6-4-9(5-7-18)13-11(19)8-10-14-15-16-17(10)2/h9H,3-8H2,1-2H3,(H,13,19). The van der Waals surface area contributed by atoms with Gasteiger partial charge in [-0.1, -0.05) is 0 Å². The number of tetrazole rings is 1. The number of piperidine rings is 1. The Labute approximate surface area is 122 Å². The van der Waals surface area contributed by atoms with Crippen molar-refractivity contribution < 1.29 is 14.3 Å². The molecule has 1 fully saturated rings. The number of amides is 2. The third kappa shape index (κ3) is 4.14. The number of aromatic nitrogens is 4. The van der Waals surface area contributed by atoms with E-state index in [9.17, 15) is 9.59 Å². The monoisotopic (exact) mass is 296 g/mol. The van der Waals surface area contributed by atoms with Crippen LogP contribution in [-0.2, 0) is 23.0 Å². The van der Waals surface area contributed by atoms with Gasteiger partial charge in [0.1, 0.15) is 0 Å². The van der Waals surface area contributed by atoms with E-state index in [0.29, 0.717) is 25.5 Å². The van der Waals surface area contributed by atoms with Gasteiger partial charge >= 0.3 is 6.09 Å². The molecule has 1 aromatic heterocycles. The van der Waals surface area contributed by atoms with E-state index >= 15 is 0 Å². The van der Waals surface area contributed by atoms with E-state index in [1.807, 2.05) is 0 Å². The van der Waals surface area contributed by atoms with Gasteiger partial charge in [-0.15, -0.1) is 5.10 Å². The summed E-state index contributed by atoms with van der Waals surface area (Å²) in [5.74, 6) is 0.416. The lowest BCUT2D eigenvalue weighted by Gasteiger charge is -2.31. The van der Waals surface area contributed by atoms with Crippen molar-refractivity contribution in [1.29, 1.82) is 0 Å². The molecule has 2 heterocycles. The van der Waals surface area contributed by atoms with Gasteiger partial charge in [0.2, 0.25) is 5.91 Å². The van der Waals surface area contributed by atoms with Crippen LogP contribution in [0.15, 0.2) is 0 Å². The predicted octanol–water partition coefficient (Wildman–Crippen LogP) is -0.510. The lowest BCUT2D eigenvalue weighted by atomic mass is 10.1. The Kier molecular flexibility index (Phi) is 5.07. The van der Waals surface area contributed by atoms with Crippen LogP contribution in [0.3, 0.4) is 0 Å². The molecule has 1 N–H and O–H groups in total. The van der Waals surface area contributed by atoms with Gasteiger partial charge in [0.15, 0.2) is 5.82 Å². The predicted molar refractivity (Wildman–Crippen MR) is 72.3 cm³/mol. The van der Waals surface area contributed by atoms with Crippen LogP contribution >= 0.6 is 0 Å². The van der Waals surface area contributed by atoms with Crippen molar-refractivity contribution in [2.75, 3.05) is 19.7 Å². The number of hydrogen-bond donors (Lipinski definition) is 1. The van der Waals surface area contributed by atoms with Gasteiger partial charge < -0.3 is 15.0 Å². The summed E-state index contributed by atoms with van der Waals surface area (Å²) >= 11 is 0. The average molecular weight is 296 g/mol. The fraction of sp³-hybridized carbons (Fsp3) is 0.750. The van der Waals surface area contributed by atoms with Gasteiger partial charge in [0.25, 0.3) is 0 Å². The summed E-state index contributed by atoms with van der Waals surface area (Å²) in [5, 5.41) is 13.9. The molecule has 116 valence electrons. The SMILES string of the molecule is CCOC(=O)N1CCC(NC(=O)Cc2nnnn2C)CC1. The normalized spacial score (nSPS) is 15.8. The van der Waals surface area contributed by atoms with Crippen LogP contribution < -0.4 is 5.32 Å². The van der Waals surface area contributed by atoms with Gasteiger partial charge in [-0.3, -0.25) is 4.79 Å². The number of nitrogens with one attached hydrogen (secondary N) is 1. The van der Waals surface area contributed by atoms with E-state index in [4.69, 9.17) is 4.74 Å². The minimum Gasteiger partial charge on any atom is -0.450 e. The molecule has 0 atom stereocenters. The molecular formula is C12H20N6O3. The maximum Gasteiger partial charge on any atom is 0.409 e. The molecule has 1 saturated heterocycles. The second-order valence-electron chi connectivity index (χ2n) is 4.92. The summed E-state index contributed by atoms with van der Waals surface area (Å²) < 4.78 is 6.43. The van der Waals surface area contributed by atoms with E-state index in [2.05, 4.69) is 20.8 Å².